The van der Waals surface area contributed by atoms with E-state index < -0.39 is 0 Å². The van der Waals surface area contributed by atoms with Gasteiger partial charge in [-0.1, -0.05) is 6.92 Å². The van der Waals surface area contributed by atoms with Crippen LogP contribution in [0.1, 0.15) is 37.5 Å². The summed E-state index contributed by atoms with van der Waals surface area (Å²) in [6.45, 7) is 3.45. The lowest BCUT2D eigenvalue weighted by Crippen LogP contribution is -2.44. The monoisotopic (exact) mass is 191 g/mol. The Morgan fingerprint density at radius 3 is 3.29 bits per heavy atom. The molecule has 1 aromatic rings. The minimum Gasteiger partial charge on any atom is -0.467 e. The molecule has 1 aromatic heterocycles. The molecular weight excluding hydrogens is 174 g/mol. The molecule has 1 aliphatic carbocycles. The first-order valence-electron chi connectivity index (χ1n) is 5.62. The van der Waals surface area contributed by atoms with Crippen molar-refractivity contribution >= 4 is 0 Å². The van der Waals surface area contributed by atoms with Crippen LogP contribution in [0, 0.1) is 5.92 Å². The molecule has 0 bridgehead atoms. The van der Waals surface area contributed by atoms with E-state index >= 15 is 0 Å². The predicted octanol–water partition coefficient (Wildman–Crippen LogP) is 2.44. The predicted molar refractivity (Wildman–Crippen MR) is 55.1 cm³/mol. The van der Waals surface area contributed by atoms with Crippen molar-refractivity contribution in [3.63, 3.8) is 0 Å². The van der Waals surface area contributed by atoms with Gasteiger partial charge in [0.1, 0.15) is 5.76 Å². The van der Waals surface area contributed by atoms with Gasteiger partial charge in [-0.15, -0.1) is 0 Å². The first kappa shape index (κ1) is 8.54. The lowest BCUT2D eigenvalue weighted by molar-refractivity contribution is 0.252. The van der Waals surface area contributed by atoms with Crippen molar-refractivity contribution in [1.82, 2.24) is 5.32 Å². The molecule has 1 spiro atoms. The summed E-state index contributed by atoms with van der Waals surface area (Å²) in [5.74, 6) is 2.06. The number of hydrogen-bond donors (Lipinski definition) is 1. The fourth-order valence-corrected chi connectivity index (χ4v) is 3.13. The standard InChI is InChI=1S/C12H17NO/c1-9-2-5-12(8-9)11-10(3-6-13-12)4-7-14-11/h4,7,9,13H,2-3,5-6,8H2,1H3. The van der Waals surface area contributed by atoms with E-state index in [9.17, 15) is 0 Å². The van der Waals surface area contributed by atoms with Crippen LogP contribution < -0.4 is 5.32 Å². The van der Waals surface area contributed by atoms with Gasteiger partial charge in [-0.3, -0.25) is 0 Å². The Kier molecular flexibility index (Phi) is 1.75. The third-order valence-corrected chi connectivity index (χ3v) is 3.80. The molecule has 1 fully saturated rings. The molecule has 1 saturated carbocycles. The van der Waals surface area contributed by atoms with Gasteiger partial charge in [0.25, 0.3) is 0 Å². The van der Waals surface area contributed by atoms with Gasteiger partial charge in [0.05, 0.1) is 11.8 Å². The van der Waals surface area contributed by atoms with Crippen molar-refractivity contribution in [2.45, 2.75) is 38.1 Å². The summed E-state index contributed by atoms with van der Waals surface area (Å²) >= 11 is 0. The quantitative estimate of drug-likeness (QED) is 0.681. The van der Waals surface area contributed by atoms with E-state index in [1.807, 2.05) is 6.26 Å². The maximum absolute atomic E-state index is 5.68. The van der Waals surface area contributed by atoms with Gasteiger partial charge >= 0.3 is 0 Å². The maximum Gasteiger partial charge on any atom is 0.127 e. The van der Waals surface area contributed by atoms with Crippen LogP contribution in [0.25, 0.3) is 0 Å². The average molecular weight is 191 g/mol. The normalized spacial score (nSPS) is 36.2. The van der Waals surface area contributed by atoms with Gasteiger partial charge in [0.2, 0.25) is 0 Å². The van der Waals surface area contributed by atoms with Crippen LogP contribution in [-0.4, -0.2) is 6.54 Å². The van der Waals surface area contributed by atoms with E-state index in [-0.39, 0.29) is 5.54 Å². The molecule has 3 rings (SSSR count). The molecule has 2 unspecified atom stereocenters. The van der Waals surface area contributed by atoms with Crippen molar-refractivity contribution in [3.05, 3.63) is 23.7 Å². The van der Waals surface area contributed by atoms with Crippen LogP contribution >= 0.6 is 0 Å². The molecular formula is C12H17NO. The number of fused-ring (bicyclic) bond motifs is 2. The van der Waals surface area contributed by atoms with Crippen molar-refractivity contribution in [2.24, 2.45) is 5.92 Å². The highest BCUT2D eigenvalue weighted by molar-refractivity contribution is 5.29. The first-order valence-corrected chi connectivity index (χ1v) is 5.62. The second-order valence-electron chi connectivity index (χ2n) is 4.88. The van der Waals surface area contributed by atoms with E-state index in [2.05, 4.69) is 18.3 Å². The molecule has 0 amide bonds. The van der Waals surface area contributed by atoms with Gasteiger partial charge in [-0.2, -0.15) is 0 Å². The molecule has 0 aromatic carbocycles. The second kappa shape index (κ2) is 2.86. The summed E-state index contributed by atoms with van der Waals surface area (Å²) in [4.78, 5) is 0. The Bertz CT molecular complexity index is 344. The highest BCUT2D eigenvalue weighted by Gasteiger charge is 2.43. The van der Waals surface area contributed by atoms with E-state index in [0.29, 0.717) is 0 Å². The first-order chi connectivity index (χ1) is 6.80. The minimum absolute atomic E-state index is 0.191. The maximum atomic E-state index is 5.68. The van der Waals surface area contributed by atoms with Gasteiger partial charge in [0, 0.05) is 6.54 Å². The molecule has 2 atom stereocenters. The molecule has 76 valence electrons. The number of furan rings is 1. The lowest BCUT2D eigenvalue weighted by Gasteiger charge is -2.33. The zero-order chi connectivity index (χ0) is 9.60. The summed E-state index contributed by atoms with van der Waals surface area (Å²) in [7, 11) is 0. The van der Waals surface area contributed by atoms with E-state index in [0.717, 1.165) is 18.9 Å². The van der Waals surface area contributed by atoms with Gasteiger partial charge in [-0.05, 0) is 43.2 Å². The van der Waals surface area contributed by atoms with E-state index in [4.69, 9.17) is 4.42 Å². The summed E-state index contributed by atoms with van der Waals surface area (Å²) in [5, 5.41) is 3.67. The van der Waals surface area contributed by atoms with Gasteiger partial charge < -0.3 is 9.73 Å². The molecule has 2 heteroatoms. The largest absolute Gasteiger partial charge is 0.467 e. The Labute approximate surface area is 84.7 Å². The summed E-state index contributed by atoms with van der Waals surface area (Å²) in [6, 6.07) is 2.14. The number of hydrogen-bond acceptors (Lipinski definition) is 2. The van der Waals surface area contributed by atoms with Crippen LogP contribution in [0.5, 0.6) is 0 Å². The molecule has 0 radical (unpaired) electrons. The average Bonchev–Trinajstić information content (AvgIpc) is 2.75. The fourth-order valence-electron chi connectivity index (χ4n) is 3.13. The Hall–Kier alpha value is -0.760. The molecule has 1 aliphatic heterocycles. The van der Waals surface area contributed by atoms with Crippen LogP contribution in [0.3, 0.4) is 0 Å². The van der Waals surface area contributed by atoms with Crippen molar-refractivity contribution in [2.75, 3.05) is 6.54 Å². The Balaban J connectivity index is 2.03. The second-order valence-corrected chi connectivity index (χ2v) is 4.88. The Morgan fingerprint density at radius 2 is 2.50 bits per heavy atom. The number of rotatable bonds is 0. The van der Waals surface area contributed by atoms with Gasteiger partial charge in [0.15, 0.2) is 0 Å². The van der Waals surface area contributed by atoms with Crippen molar-refractivity contribution in [1.29, 1.82) is 0 Å². The van der Waals surface area contributed by atoms with Crippen LogP contribution in [0.4, 0.5) is 0 Å². The highest BCUT2D eigenvalue weighted by Crippen LogP contribution is 2.44. The molecule has 2 heterocycles. The van der Waals surface area contributed by atoms with E-state index in [1.165, 1.54) is 30.6 Å². The third kappa shape index (κ3) is 1.07. The lowest BCUT2D eigenvalue weighted by atomic mass is 9.86. The highest BCUT2D eigenvalue weighted by atomic mass is 16.3. The molecule has 0 saturated heterocycles. The topological polar surface area (TPSA) is 25.2 Å². The van der Waals surface area contributed by atoms with Crippen LogP contribution in [0.2, 0.25) is 0 Å². The molecule has 2 nitrogen and oxygen atoms in total. The van der Waals surface area contributed by atoms with Crippen molar-refractivity contribution < 1.29 is 4.42 Å². The third-order valence-electron chi connectivity index (χ3n) is 3.80. The SMILES string of the molecule is CC1CCC2(C1)NCCc1ccoc12. The van der Waals surface area contributed by atoms with Crippen LogP contribution in [-0.2, 0) is 12.0 Å². The van der Waals surface area contributed by atoms with E-state index in [1.54, 1.807) is 0 Å². The Morgan fingerprint density at radius 1 is 1.57 bits per heavy atom. The molecule has 14 heavy (non-hydrogen) atoms. The van der Waals surface area contributed by atoms with Gasteiger partial charge in [-0.25, -0.2) is 0 Å². The molecule has 2 aliphatic rings. The van der Waals surface area contributed by atoms with Crippen molar-refractivity contribution in [3.8, 4) is 0 Å². The zero-order valence-electron chi connectivity index (χ0n) is 8.68. The zero-order valence-corrected chi connectivity index (χ0v) is 8.68. The smallest absolute Gasteiger partial charge is 0.127 e. The molecule has 1 N–H and O–H groups in total. The fraction of sp³-hybridized carbons (Fsp3) is 0.667. The van der Waals surface area contributed by atoms with Crippen LogP contribution in [0.15, 0.2) is 16.7 Å². The summed E-state index contributed by atoms with van der Waals surface area (Å²) < 4.78 is 5.68. The summed E-state index contributed by atoms with van der Waals surface area (Å²) in [6.07, 6.45) is 6.79. The minimum atomic E-state index is 0.191. The number of nitrogens with one attached hydrogen (secondary N) is 1. The summed E-state index contributed by atoms with van der Waals surface area (Å²) in [5.41, 5.74) is 1.62.